The number of methoxy groups -OCH3 is 3. The van der Waals surface area contributed by atoms with Crippen molar-refractivity contribution in [1.29, 1.82) is 0 Å². The number of rotatable bonds is 4. The first-order chi connectivity index (χ1) is 12.6. The molecule has 0 radical (unpaired) electrons. The van der Waals surface area contributed by atoms with Crippen molar-refractivity contribution < 1.29 is 19.0 Å². The average molecular weight is 376 g/mol. The van der Waals surface area contributed by atoms with Gasteiger partial charge < -0.3 is 19.5 Å². The fraction of sp³-hybridized carbons (Fsp3) is 0.222. The molecule has 0 saturated carbocycles. The van der Waals surface area contributed by atoms with E-state index in [1.807, 2.05) is 0 Å². The number of hydrogen-bond acceptors (Lipinski definition) is 5. The van der Waals surface area contributed by atoms with Gasteiger partial charge in [0, 0.05) is 23.4 Å². The topological polar surface area (TPSA) is 72.4 Å². The third-order valence-electron chi connectivity index (χ3n) is 3.88. The number of nitrogens with zero attached hydrogens (tertiary/aromatic N) is 2. The van der Waals surface area contributed by atoms with Crippen LogP contribution in [0.15, 0.2) is 35.3 Å². The minimum Gasteiger partial charge on any atom is -0.493 e. The third kappa shape index (κ3) is 3.39. The number of halogens is 1. The van der Waals surface area contributed by atoms with Crippen LogP contribution in [0.5, 0.6) is 17.2 Å². The Kier molecular flexibility index (Phi) is 5.18. The van der Waals surface area contributed by atoms with Gasteiger partial charge in [0.2, 0.25) is 5.75 Å². The molecule has 0 atom stereocenters. The molecule has 136 valence electrons. The standard InChI is InChI=1S/C18H18ClN3O4/c1-24-15-9-12(10-16(25-2)17(15)26-3)21-18(23)22-7-6-20-13-8-11(19)4-5-14(13)22/h4-6,8-10H,7H2,1-3H3,(H,21,23). The molecule has 1 aliphatic rings. The second kappa shape index (κ2) is 7.53. The number of ether oxygens (including phenoxy) is 3. The maximum absolute atomic E-state index is 12.8. The van der Waals surface area contributed by atoms with Crippen LogP contribution in [0, 0.1) is 0 Å². The molecule has 1 N–H and O–H groups in total. The molecule has 0 saturated heterocycles. The Morgan fingerprint density at radius 1 is 1.12 bits per heavy atom. The normalized spacial score (nSPS) is 12.4. The molecule has 0 aromatic heterocycles. The Balaban J connectivity index is 1.88. The van der Waals surface area contributed by atoms with E-state index in [2.05, 4.69) is 10.3 Å². The Morgan fingerprint density at radius 3 is 2.42 bits per heavy atom. The van der Waals surface area contributed by atoms with Crippen LogP contribution < -0.4 is 24.4 Å². The first-order valence-electron chi connectivity index (χ1n) is 7.78. The lowest BCUT2D eigenvalue weighted by atomic mass is 10.2. The van der Waals surface area contributed by atoms with E-state index in [1.165, 1.54) is 21.3 Å². The molecule has 0 aliphatic carbocycles. The van der Waals surface area contributed by atoms with Crippen molar-refractivity contribution in [2.75, 3.05) is 38.1 Å². The van der Waals surface area contributed by atoms with E-state index in [0.29, 0.717) is 45.9 Å². The summed E-state index contributed by atoms with van der Waals surface area (Å²) < 4.78 is 15.9. The van der Waals surface area contributed by atoms with Crippen LogP contribution in [0.3, 0.4) is 0 Å². The zero-order valence-electron chi connectivity index (χ0n) is 14.6. The molecule has 26 heavy (non-hydrogen) atoms. The second-order valence-corrected chi connectivity index (χ2v) is 5.84. The monoisotopic (exact) mass is 375 g/mol. The number of hydrogen-bond donors (Lipinski definition) is 1. The van der Waals surface area contributed by atoms with Gasteiger partial charge in [0.25, 0.3) is 0 Å². The van der Waals surface area contributed by atoms with Crippen molar-refractivity contribution in [3.8, 4) is 17.2 Å². The zero-order valence-corrected chi connectivity index (χ0v) is 15.3. The second-order valence-electron chi connectivity index (χ2n) is 5.40. The van der Waals surface area contributed by atoms with Gasteiger partial charge in [-0.15, -0.1) is 0 Å². The number of benzene rings is 2. The van der Waals surface area contributed by atoms with Gasteiger partial charge in [-0.1, -0.05) is 11.6 Å². The lowest BCUT2D eigenvalue weighted by Gasteiger charge is -2.26. The van der Waals surface area contributed by atoms with Gasteiger partial charge in [0.1, 0.15) is 0 Å². The highest BCUT2D eigenvalue weighted by Gasteiger charge is 2.22. The quantitative estimate of drug-likeness (QED) is 0.872. The van der Waals surface area contributed by atoms with Crippen LogP contribution in [-0.2, 0) is 0 Å². The van der Waals surface area contributed by atoms with E-state index in [0.717, 1.165) is 0 Å². The lowest BCUT2D eigenvalue weighted by Crippen LogP contribution is -2.37. The van der Waals surface area contributed by atoms with Crippen molar-refractivity contribution in [1.82, 2.24) is 0 Å². The fourth-order valence-electron chi connectivity index (χ4n) is 2.68. The van der Waals surface area contributed by atoms with E-state index in [4.69, 9.17) is 25.8 Å². The summed E-state index contributed by atoms with van der Waals surface area (Å²) in [6.45, 7) is 0.352. The molecule has 1 heterocycles. The molecule has 0 fully saturated rings. The summed E-state index contributed by atoms with van der Waals surface area (Å²) in [7, 11) is 4.56. The smallest absolute Gasteiger partial charge is 0.326 e. The molecule has 3 rings (SSSR count). The molecular formula is C18H18ClN3O4. The van der Waals surface area contributed by atoms with Crippen LogP contribution in [0.25, 0.3) is 0 Å². The molecule has 8 heteroatoms. The average Bonchev–Trinajstić information content (AvgIpc) is 2.66. The predicted octanol–water partition coefficient (Wildman–Crippen LogP) is 4.12. The summed E-state index contributed by atoms with van der Waals surface area (Å²) >= 11 is 6.00. The van der Waals surface area contributed by atoms with Gasteiger partial charge in [-0.05, 0) is 18.2 Å². The fourth-order valence-corrected chi connectivity index (χ4v) is 2.85. The largest absolute Gasteiger partial charge is 0.493 e. The van der Waals surface area contributed by atoms with E-state index in [1.54, 1.807) is 41.4 Å². The summed E-state index contributed by atoms with van der Waals surface area (Å²) in [6, 6.07) is 8.23. The van der Waals surface area contributed by atoms with Crippen molar-refractivity contribution in [3.63, 3.8) is 0 Å². The van der Waals surface area contributed by atoms with Crippen LogP contribution in [0.4, 0.5) is 21.9 Å². The predicted molar refractivity (Wildman–Crippen MR) is 102 cm³/mol. The maximum atomic E-state index is 12.8. The Bertz CT molecular complexity index is 845. The molecule has 7 nitrogen and oxygen atoms in total. The van der Waals surface area contributed by atoms with Gasteiger partial charge in [-0.2, -0.15) is 0 Å². The third-order valence-corrected chi connectivity index (χ3v) is 4.12. The first-order valence-corrected chi connectivity index (χ1v) is 8.15. The molecule has 2 aromatic carbocycles. The molecule has 2 amide bonds. The molecule has 0 bridgehead atoms. The van der Waals surface area contributed by atoms with Crippen LogP contribution in [-0.4, -0.2) is 40.1 Å². The highest BCUT2D eigenvalue weighted by molar-refractivity contribution is 6.31. The summed E-state index contributed by atoms with van der Waals surface area (Å²) in [5.41, 5.74) is 1.84. The van der Waals surface area contributed by atoms with E-state index < -0.39 is 0 Å². The van der Waals surface area contributed by atoms with Crippen LogP contribution >= 0.6 is 11.6 Å². The Labute approximate surface area is 156 Å². The number of urea groups is 1. The molecule has 0 unspecified atom stereocenters. The van der Waals surface area contributed by atoms with Gasteiger partial charge in [0.15, 0.2) is 11.5 Å². The van der Waals surface area contributed by atoms with Gasteiger partial charge >= 0.3 is 6.03 Å². The molecular weight excluding hydrogens is 358 g/mol. The number of aliphatic imine (C=N–C) groups is 1. The minimum absolute atomic E-state index is 0.311. The number of fused-ring (bicyclic) bond motifs is 1. The summed E-state index contributed by atoms with van der Waals surface area (Å²) in [6.07, 6.45) is 1.66. The van der Waals surface area contributed by atoms with Gasteiger partial charge in [0.05, 0.1) is 44.9 Å². The highest BCUT2D eigenvalue weighted by atomic mass is 35.5. The van der Waals surface area contributed by atoms with Crippen molar-refractivity contribution in [2.24, 2.45) is 4.99 Å². The van der Waals surface area contributed by atoms with Gasteiger partial charge in [-0.3, -0.25) is 9.89 Å². The number of amides is 2. The van der Waals surface area contributed by atoms with Crippen LogP contribution in [0.1, 0.15) is 0 Å². The lowest BCUT2D eigenvalue weighted by molar-refractivity contribution is 0.257. The summed E-state index contributed by atoms with van der Waals surface area (Å²) in [5, 5.41) is 3.41. The van der Waals surface area contributed by atoms with Crippen LogP contribution in [0.2, 0.25) is 5.02 Å². The minimum atomic E-state index is -0.311. The molecule has 0 spiro atoms. The maximum Gasteiger partial charge on any atom is 0.326 e. The van der Waals surface area contributed by atoms with Crippen molar-refractivity contribution in [3.05, 3.63) is 35.4 Å². The van der Waals surface area contributed by atoms with Crippen molar-refractivity contribution in [2.45, 2.75) is 0 Å². The SMILES string of the molecule is COc1cc(NC(=O)N2CC=Nc3cc(Cl)ccc32)cc(OC)c1OC. The number of carbonyl (C=O) groups excluding carboxylic acids is 1. The summed E-state index contributed by atoms with van der Waals surface area (Å²) in [4.78, 5) is 18.6. The molecule has 2 aromatic rings. The van der Waals surface area contributed by atoms with E-state index >= 15 is 0 Å². The number of carbonyl (C=O) groups is 1. The first kappa shape index (κ1) is 17.9. The molecule has 1 aliphatic heterocycles. The summed E-state index contributed by atoms with van der Waals surface area (Å²) in [5.74, 6) is 1.36. The van der Waals surface area contributed by atoms with Crippen molar-refractivity contribution >= 4 is 40.9 Å². The Morgan fingerprint density at radius 2 is 1.81 bits per heavy atom. The van der Waals surface area contributed by atoms with Gasteiger partial charge in [-0.25, -0.2) is 4.79 Å². The number of nitrogens with one attached hydrogen (secondary N) is 1. The Hall–Kier alpha value is -2.93. The van der Waals surface area contributed by atoms with E-state index in [-0.39, 0.29) is 6.03 Å². The number of anilines is 2. The highest BCUT2D eigenvalue weighted by Crippen LogP contribution is 2.40. The zero-order chi connectivity index (χ0) is 18.7. The van der Waals surface area contributed by atoms with E-state index in [9.17, 15) is 4.79 Å².